The van der Waals surface area contributed by atoms with Gasteiger partial charge in [0.1, 0.15) is 11.6 Å². The van der Waals surface area contributed by atoms with E-state index in [-0.39, 0.29) is 24.6 Å². The van der Waals surface area contributed by atoms with Gasteiger partial charge in [-0.05, 0) is 53.8 Å². The van der Waals surface area contributed by atoms with Crippen molar-refractivity contribution in [3.05, 3.63) is 68.7 Å². The lowest BCUT2D eigenvalue weighted by atomic mass is 9.89. The number of aryl methyl sites for hydroxylation is 1. The lowest BCUT2D eigenvalue weighted by molar-refractivity contribution is -0.0241. The van der Waals surface area contributed by atoms with Gasteiger partial charge in [-0.25, -0.2) is 8.78 Å². The predicted molar refractivity (Wildman–Crippen MR) is 114 cm³/mol. The van der Waals surface area contributed by atoms with Crippen molar-refractivity contribution in [3.8, 4) is 0 Å². The molecule has 1 N–H and O–H groups in total. The Labute approximate surface area is 185 Å². The molecular formula is C21H23Cl3F2N2O. The maximum Gasteiger partial charge on any atom is 0.126 e. The van der Waals surface area contributed by atoms with E-state index >= 15 is 0 Å². The van der Waals surface area contributed by atoms with E-state index in [1.165, 1.54) is 17.7 Å². The fourth-order valence-corrected chi connectivity index (χ4v) is 4.75. The number of ether oxygens (including phenoxy) is 1. The molecular weight excluding hydrogens is 441 g/mol. The monoisotopic (exact) mass is 462 g/mol. The number of halogens is 5. The van der Waals surface area contributed by atoms with Crippen LogP contribution in [0.5, 0.6) is 0 Å². The van der Waals surface area contributed by atoms with Crippen molar-refractivity contribution >= 4 is 35.6 Å². The highest BCUT2D eigenvalue weighted by Crippen LogP contribution is 2.45. The number of piperazine rings is 1. The normalized spacial score (nSPS) is 21.7. The summed E-state index contributed by atoms with van der Waals surface area (Å²) in [6.45, 7) is 4.20. The number of hydrogen-bond acceptors (Lipinski definition) is 3. The predicted octanol–water partition coefficient (Wildman–Crippen LogP) is 4.96. The molecule has 0 saturated carbocycles. The Morgan fingerprint density at radius 1 is 1.00 bits per heavy atom. The molecule has 0 amide bonds. The van der Waals surface area contributed by atoms with E-state index in [1.807, 2.05) is 12.1 Å². The van der Waals surface area contributed by atoms with Gasteiger partial charge in [-0.3, -0.25) is 4.90 Å². The highest BCUT2D eigenvalue weighted by Gasteiger charge is 2.44. The molecule has 0 bridgehead atoms. The lowest BCUT2D eigenvalue weighted by Gasteiger charge is -2.44. The molecule has 1 saturated heterocycles. The van der Waals surface area contributed by atoms with Gasteiger partial charge in [0.15, 0.2) is 0 Å². The van der Waals surface area contributed by atoms with Crippen LogP contribution in [0.4, 0.5) is 8.78 Å². The fraction of sp³-hybridized carbons (Fsp3) is 0.429. The van der Waals surface area contributed by atoms with E-state index in [0.29, 0.717) is 22.2 Å². The molecule has 8 heteroatoms. The van der Waals surface area contributed by atoms with E-state index in [4.69, 9.17) is 27.9 Å². The molecule has 0 spiro atoms. The van der Waals surface area contributed by atoms with Crippen molar-refractivity contribution < 1.29 is 13.5 Å². The van der Waals surface area contributed by atoms with Crippen molar-refractivity contribution in [1.82, 2.24) is 10.2 Å². The van der Waals surface area contributed by atoms with Gasteiger partial charge in [0, 0.05) is 32.2 Å². The van der Waals surface area contributed by atoms with Crippen LogP contribution in [-0.4, -0.2) is 37.7 Å². The van der Waals surface area contributed by atoms with Crippen LogP contribution in [-0.2, 0) is 23.3 Å². The molecule has 1 atom stereocenters. The molecule has 0 aromatic heterocycles. The van der Waals surface area contributed by atoms with E-state index in [9.17, 15) is 8.78 Å². The topological polar surface area (TPSA) is 24.5 Å². The van der Waals surface area contributed by atoms with Crippen LogP contribution in [0.2, 0.25) is 10.0 Å². The summed E-state index contributed by atoms with van der Waals surface area (Å²) in [5.74, 6) is -1.19. The molecule has 1 unspecified atom stereocenters. The maximum atomic E-state index is 13.5. The highest BCUT2D eigenvalue weighted by atomic mass is 35.5. The SMILES string of the molecule is Cl.Fc1cc(F)cc(COCC2(N3CCNCC3)CCc3cc(Cl)c(Cl)cc32)c1. The molecule has 0 radical (unpaired) electrons. The molecule has 1 aliphatic heterocycles. The average Bonchev–Trinajstić information content (AvgIpc) is 3.01. The third-order valence-corrected chi connectivity index (χ3v) is 6.43. The second-order valence-electron chi connectivity index (χ2n) is 7.46. The Morgan fingerprint density at radius 3 is 2.34 bits per heavy atom. The van der Waals surface area contributed by atoms with Crippen LogP contribution in [0.25, 0.3) is 0 Å². The zero-order valence-electron chi connectivity index (χ0n) is 15.8. The zero-order valence-corrected chi connectivity index (χ0v) is 18.1. The van der Waals surface area contributed by atoms with Crippen molar-refractivity contribution in [2.24, 2.45) is 0 Å². The first-order valence-corrected chi connectivity index (χ1v) is 10.2. The molecule has 1 fully saturated rings. The first-order chi connectivity index (χ1) is 13.5. The molecule has 2 aliphatic rings. The van der Waals surface area contributed by atoms with Gasteiger partial charge >= 0.3 is 0 Å². The van der Waals surface area contributed by atoms with E-state index in [2.05, 4.69) is 10.2 Å². The van der Waals surface area contributed by atoms with Crippen molar-refractivity contribution in [2.75, 3.05) is 32.8 Å². The van der Waals surface area contributed by atoms with Gasteiger partial charge in [0.25, 0.3) is 0 Å². The molecule has 158 valence electrons. The van der Waals surface area contributed by atoms with Crippen LogP contribution in [0.1, 0.15) is 23.1 Å². The molecule has 4 rings (SSSR count). The van der Waals surface area contributed by atoms with Gasteiger partial charge in [-0.1, -0.05) is 23.2 Å². The van der Waals surface area contributed by atoms with Crippen molar-refractivity contribution in [3.63, 3.8) is 0 Å². The largest absolute Gasteiger partial charge is 0.374 e. The van der Waals surface area contributed by atoms with Crippen molar-refractivity contribution in [1.29, 1.82) is 0 Å². The van der Waals surface area contributed by atoms with Gasteiger partial charge in [0.05, 0.1) is 28.8 Å². The number of fused-ring (bicyclic) bond motifs is 1. The highest BCUT2D eigenvalue weighted by molar-refractivity contribution is 6.42. The summed E-state index contributed by atoms with van der Waals surface area (Å²) in [6, 6.07) is 7.38. The molecule has 29 heavy (non-hydrogen) atoms. The Kier molecular flexibility index (Phi) is 7.41. The van der Waals surface area contributed by atoms with Crippen LogP contribution in [0, 0.1) is 11.6 Å². The summed E-state index contributed by atoms with van der Waals surface area (Å²) in [5.41, 5.74) is 2.51. The molecule has 1 aliphatic carbocycles. The molecule has 1 heterocycles. The van der Waals surface area contributed by atoms with Crippen LogP contribution in [0.3, 0.4) is 0 Å². The second kappa shape index (κ2) is 9.46. The molecule has 3 nitrogen and oxygen atoms in total. The summed E-state index contributed by atoms with van der Waals surface area (Å²) < 4.78 is 33.0. The van der Waals surface area contributed by atoms with E-state index in [0.717, 1.165) is 50.7 Å². The Morgan fingerprint density at radius 2 is 1.66 bits per heavy atom. The molecule has 2 aromatic rings. The second-order valence-corrected chi connectivity index (χ2v) is 8.28. The Bertz CT molecular complexity index is 857. The third-order valence-electron chi connectivity index (χ3n) is 5.71. The average molecular weight is 464 g/mol. The van der Waals surface area contributed by atoms with Crippen molar-refractivity contribution in [2.45, 2.75) is 25.0 Å². The van der Waals surface area contributed by atoms with Crippen LogP contribution in [0.15, 0.2) is 30.3 Å². The minimum atomic E-state index is -0.594. The summed E-state index contributed by atoms with van der Waals surface area (Å²) in [4.78, 5) is 2.44. The number of hydrogen-bond donors (Lipinski definition) is 1. The number of nitrogens with zero attached hydrogens (tertiary/aromatic N) is 1. The first kappa shape index (κ1) is 22.7. The van der Waals surface area contributed by atoms with Gasteiger partial charge < -0.3 is 10.1 Å². The Balaban J connectivity index is 0.00000240. The Hall–Kier alpha value is -0.950. The third kappa shape index (κ3) is 4.71. The van der Waals surface area contributed by atoms with Crippen LogP contribution >= 0.6 is 35.6 Å². The minimum absolute atomic E-state index is 0. The standard InChI is InChI=1S/C21H22Cl2F2N2O.ClH/c22-19-9-15-1-2-21(18(15)11-20(19)23,27-5-3-26-4-6-27)13-28-12-14-7-16(24)10-17(25)8-14;/h7-11,26H,1-6,12-13H2;1H. The minimum Gasteiger partial charge on any atom is -0.374 e. The van der Waals surface area contributed by atoms with E-state index < -0.39 is 11.6 Å². The van der Waals surface area contributed by atoms with Gasteiger partial charge in [0.2, 0.25) is 0 Å². The smallest absolute Gasteiger partial charge is 0.126 e. The summed E-state index contributed by atoms with van der Waals surface area (Å²) in [6.07, 6.45) is 1.80. The summed E-state index contributed by atoms with van der Waals surface area (Å²) in [5, 5.41) is 4.48. The zero-order chi connectivity index (χ0) is 19.7. The fourth-order valence-electron chi connectivity index (χ4n) is 4.40. The number of nitrogens with one attached hydrogen (secondary N) is 1. The first-order valence-electron chi connectivity index (χ1n) is 9.45. The summed E-state index contributed by atoms with van der Waals surface area (Å²) in [7, 11) is 0. The number of benzene rings is 2. The number of rotatable bonds is 5. The quantitative estimate of drug-likeness (QED) is 0.678. The van der Waals surface area contributed by atoms with Crippen LogP contribution < -0.4 is 5.32 Å². The van der Waals surface area contributed by atoms with E-state index in [1.54, 1.807) is 0 Å². The summed E-state index contributed by atoms with van der Waals surface area (Å²) >= 11 is 12.6. The molecule has 2 aromatic carbocycles. The maximum absolute atomic E-state index is 13.5. The van der Waals surface area contributed by atoms with Gasteiger partial charge in [-0.15, -0.1) is 12.4 Å². The van der Waals surface area contributed by atoms with Gasteiger partial charge in [-0.2, -0.15) is 0 Å². The lowest BCUT2D eigenvalue weighted by Crippen LogP contribution is -2.55.